The van der Waals surface area contributed by atoms with Crippen LogP contribution in [0.3, 0.4) is 0 Å². The standard InChI is InChI=1S/C20H26F2N4O2S/c1-5-23-29(28)18-11-26(4)19(14(18)7-9-17(25-29)12(2)3)20(27)24-13-6-8-15(21)16(22)10-13/h6,8,10-12,17H,5,7,9H2,1-4H3,(H,24,27)(H,23,25,28). The van der Waals surface area contributed by atoms with Crippen LogP contribution in [-0.4, -0.2) is 27.3 Å². The molecule has 158 valence electrons. The van der Waals surface area contributed by atoms with Crippen LogP contribution >= 0.6 is 0 Å². The van der Waals surface area contributed by atoms with E-state index in [0.717, 1.165) is 12.1 Å². The van der Waals surface area contributed by atoms with Gasteiger partial charge >= 0.3 is 0 Å². The highest BCUT2D eigenvalue weighted by atomic mass is 32.2. The fourth-order valence-corrected chi connectivity index (χ4v) is 5.91. The molecule has 0 fully saturated rings. The van der Waals surface area contributed by atoms with Gasteiger partial charge in [-0.15, -0.1) is 0 Å². The lowest BCUT2D eigenvalue weighted by molar-refractivity contribution is 0.101. The quantitative estimate of drug-likeness (QED) is 0.782. The number of hydrogen-bond donors (Lipinski definition) is 2. The Morgan fingerprint density at radius 3 is 2.72 bits per heavy atom. The number of nitrogens with zero attached hydrogens (tertiary/aromatic N) is 2. The largest absolute Gasteiger partial charge is 0.345 e. The summed E-state index contributed by atoms with van der Waals surface area (Å²) in [5.74, 6) is -2.24. The summed E-state index contributed by atoms with van der Waals surface area (Å²) < 4.78 is 49.5. The summed E-state index contributed by atoms with van der Waals surface area (Å²) in [7, 11) is -1.19. The van der Waals surface area contributed by atoms with Gasteiger partial charge in [-0.2, -0.15) is 0 Å². The molecular formula is C20H26F2N4O2S. The summed E-state index contributed by atoms with van der Waals surface area (Å²) in [4.78, 5) is 13.5. The highest BCUT2D eigenvalue weighted by molar-refractivity contribution is 7.91. The molecule has 29 heavy (non-hydrogen) atoms. The van der Waals surface area contributed by atoms with Gasteiger partial charge in [0.15, 0.2) is 11.6 Å². The van der Waals surface area contributed by atoms with Crippen LogP contribution in [0.4, 0.5) is 14.5 Å². The molecule has 0 spiro atoms. The van der Waals surface area contributed by atoms with Crippen molar-refractivity contribution in [2.45, 2.75) is 44.6 Å². The summed E-state index contributed by atoms with van der Waals surface area (Å²) >= 11 is 0. The van der Waals surface area contributed by atoms with E-state index in [-0.39, 0.29) is 17.6 Å². The van der Waals surface area contributed by atoms with E-state index in [4.69, 9.17) is 0 Å². The maximum Gasteiger partial charge on any atom is 0.272 e. The van der Waals surface area contributed by atoms with Gasteiger partial charge in [0.2, 0.25) is 0 Å². The summed E-state index contributed by atoms with van der Waals surface area (Å²) in [5.41, 5.74) is 1.16. The van der Waals surface area contributed by atoms with E-state index in [2.05, 4.69) is 28.2 Å². The molecule has 2 heterocycles. The molecule has 2 N–H and O–H groups in total. The molecule has 2 unspecified atom stereocenters. The van der Waals surface area contributed by atoms with Gasteiger partial charge in [-0.1, -0.05) is 13.8 Å². The molecular weight excluding hydrogens is 398 g/mol. The summed E-state index contributed by atoms with van der Waals surface area (Å²) in [6.07, 6.45) is 2.94. The summed E-state index contributed by atoms with van der Waals surface area (Å²) in [5, 5.41) is 2.61. The number of halogens is 2. The smallest absolute Gasteiger partial charge is 0.272 e. The molecule has 0 aliphatic carbocycles. The maximum absolute atomic E-state index is 13.7. The van der Waals surface area contributed by atoms with Crippen LogP contribution < -0.4 is 10.0 Å². The molecule has 2 aromatic rings. The molecule has 6 nitrogen and oxygen atoms in total. The minimum absolute atomic E-state index is 0.00221. The van der Waals surface area contributed by atoms with Crippen LogP contribution in [-0.2, 0) is 23.4 Å². The number of carbonyl (C=O) groups excluding carboxylic acids is 1. The number of amides is 1. The first-order valence-electron chi connectivity index (χ1n) is 9.61. The zero-order valence-corrected chi connectivity index (χ0v) is 17.8. The number of anilines is 1. The van der Waals surface area contributed by atoms with Gasteiger partial charge in [-0.3, -0.25) is 4.79 Å². The first-order chi connectivity index (χ1) is 13.7. The van der Waals surface area contributed by atoms with Crippen molar-refractivity contribution in [2.24, 2.45) is 17.3 Å². The average molecular weight is 425 g/mol. The molecule has 2 atom stereocenters. The minimum Gasteiger partial charge on any atom is -0.345 e. The second-order valence-electron chi connectivity index (χ2n) is 7.49. The number of hydrogen-bond acceptors (Lipinski definition) is 3. The molecule has 1 amide bonds. The monoisotopic (exact) mass is 424 g/mol. The lowest BCUT2D eigenvalue weighted by Gasteiger charge is -2.21. The van der Waals surface area contributed by atoms with Crippen LogP contribution in [0.15, 0.2) is 33.7 Å². The number of benzene rings is 1. The van der Waals surface area contributed by atoms with Gasteiger partial charge in [0.05, 0.1) is 4.90 Å². The topological polar surface area (TPSA) is 75.5 Å². The number of nitrogens with one attached hydrogen (secondary N) is 2. The lowest BCUT2D eigenvalue weighted by Crippen LogP contribution is -2.37. The molecule has 1 aliphatic rings. The van der Waals surface area contributed by atoms with E-state index >= 15 is 0 Å². The Labute approximate surface area is 170 Å². The van der Waals surface area contributed by atoms with E-state index in [0.29, 0.717) is 35.5 Å². The molecule has 0 saturated heterocycles. The van der Waals surface area contributed by atoms with Crippen molar-refractivity contribution in [3.8, 4) is 0 Å². The molecule has 0 saturated carbocycles. The molecule has 0 radical (unpaired) electrons. The van der Waals surface area contributed by atoms with Crippen LogP contribution in [0.25, 0.3) is 0 Å². The van der Waals surface area contributed by atoms with Crippen molar-refractivity contribution in [3.63, 3.8) is 0 Å². The molecule has 0 bridgehead atoms. The third-order valence-corrected chi connectivity index (χ3v) is 7.26. The number of carbonyl (C=O) groups is 1. The van der Waals surface area contributed by atoms with E-state index in [1.54, 1.807) is 17.8 Å². The molecule has 1 aromatic heterocycles. The van der Waals surface area contributed by atoms with Crippen molar-refractivity contribution in [3.05, 3.63) is 47.3 Å². The second-order valence-corrected chi connectivity index (χ2v) is 9.48. The zero-order valence-electron chi connectivity index (χ0n) is 17.0. The van der Waals surface area contributed by atoms with Gasteiger partial charge in [0.1, 0.15) is 15.6 Å². The summed E-state index contributed by atoms with van der Waals surface area (Å²) in [6.45, 7) is 6.30. The van der Waals surface area contributed by atoms with Crippen molar-refractivity contribution < 1.29 is 17.8 Å². The van der Waals surface area contributed by atoms with Gasteiger partial charge < -0.3 is 9.88 Å². The second kappa shape index (κ2) is 8.23. The predicted molar refractivity (Wildman–Crippen MR) is 109 cm³/mol. The number of fused-ring (bicyclic) bond motifs is 1. The Kier molecular flexibility index (Phi) is 6.09. The van der Waals surface area contributed by atoms with Crippen LogP contribution in [0.1, 0.15) is 43.2 Å². The Morgan fingerprint density at radius 1 is 1.38 bits per heavy atom. The van der Waals surface area contributed by atoms with E-state index in [1.165, 1.54) is 6.07 Å². The van der Waals surface area contributed by atoms with Crippen LogP contribution in [0.5, 0.6) is 0 Å². The molecule has 1 aromatic carbocycles. The lowest BCUT2D eigenvalue weighted by atomic mass is 9.97. The van der Waals surface area contributed by atoms with Crippen LogP contribution in [0, 0.1) is 17.6 Å². The minimum atomic E-state index is -2.89. The van der Waals surface area contributed by atoms with Gasteiger partial charge in [0.25, 0.3) is 5.91 Å². The Balaban J connectivity index is 2.04. The van der Waals surface area contributed by atoms with Crippen molar-refractivity contribution in [2.75, 3.05) is 11.9 Å². The highest BCUT2D eigenvalue weighted by Gasteiger charge is 2.32. The first-order valence-corrected chi connectivity index (χ1v) is 11.1. The number of aryl methyl sites for hydroxylation is 1. The third kappa shape index (κ3) is 4.20. The van der Waals surface area contributed by atoms with E-state index in [1.807, 2.05) is 6.92 Å². The Hall–Kier alpha value is -2.26. The summed E-state index contributed by atoms with van der Waals surface area (Å²) in [6, 6.07) is 3.18. The van der Waals surface area contributed by atoms with Gasteiger partial charge in [0, 0.05) is 43.1 Å². The third-order valence-electron chi connectivity index (χ3n) is 5.07. The first kappa shape index (κ1) is 21.4. The van der Waals surface area contributed by atoms with Crippen LogP contribution in [0.2, 0.25) is 0 Å². The average Bonchev–Trinajstić information content (AvgIpc) is 2.92. The predicted octanol–water partition coefficient (Wildman–Crippen LogP) is 3.88. The van der Waals surface area contributed by atoms with Crippen molar-refractivity contribution in [1.82, 2.24) is 9.29 Å². The maximum atomic E-state index is 13.7. The van der Waals surface area contributed by atoms with Crippen molar-refractivity contribution in [1.29, 1.82) is 0 Å². The van der Waals surface area contributed by atoms with E-state index in [9.17, 15) is 17.8 Å². The molecule has 1 aliphatic heterocycles. The fraction of sp³-hybridized carbons (Fsp3) is 0.450. The SMILES string of the molecule is CCN=S1(=O)NC(C(C)C)CCc2c1cn(C)c2C(=O)Nc1ccc(F)c(F)c1. The van der Waals surface area contributed by atoms with E-state index < -0.39 is 27.5 Å². The fourth-order valence-electron chi connectivity index (χ4n) is 3.57. The highest BCUT2D eigenvalue weighted by Crippen LogP contribution is 2.30. The van der Waals surface area contributed by atoms with Crippen molar-refractivity contribution >= 4 is 21.5 Å². The van der Waals surface area contributed by atoms with Gasteiger partial charge in [-0.05, 0) is 37.8 Å². The van der Waals surface area contributed by atoms with Gasteiger partial charge in [-0.25, -0.2) is 22.1 Å². The molecule has 9 heteroatoms. The number of aromatic nitrogens is 1. The normalized spacial score (nSPS) is 21.6. The Bertz CT molecular complexity index is 1050. The molecule has 3 rings (SSSR count). The number of rotatable bonds is 4. The Morgan fingerprint density at radius 2 is 2.10 bits per heavy atom. The zero-order chi connectivity index (χ0) is 21.3.